The Hall–Kier alpha value is -1.22. The number of rotatable bonds is 5. The van der Waals surface area contributed by atoms with Gasteiger partial charge in [0.25, 0.3) is 0 Å². The van der Waals surface area contributed by atoms with Gasteiger partial charge in [0.15, 0.2) is 0 Å². The Balaban J connectivity index is 0.00000106. The molecular weight excluding hydrogens is 224 g/mol. The monoisotopic (exact) mass is 242 g/mol. The number of amides is 1. The van der Waals surface area contributed by atoms with Crippen molar-refractivity contribution >= 4 is 29.4 Å². The lowest BCUT2D eigenvalue weighted by Crippen LogP contribution is -2.24. The lowest BCUT2D eigenvalue weighted by Gasteiger charge is -2.19. The predicted molar refractivity (Wildman–Crippen MR) is 71.5 cm³/mol. The minimum Gasteiger partial charge on any atom is -0.386 e. The third kappa shape index (κ3) is 4.11. The number of para-hydroxylation sites is 2. The van der Waals surface area contributed by atoms with E-state index in [9.17, 15) is 4.79 Å². The number of carbonyl (C=O) groups excluding carboxylic acids is 1. The summed E-state index contributed by atoms with van der Waals surface area (Å²) >= 11 is 5.60. The van der Waals surface area contributed by atoms with E-state index in [1.807, 2.05) is 45.2 Å². The van der Waals surface area contributed by atoms with E-state index in [0.717, 1.165) is 17.8 Å². The van der Waals surface area contributed by atoms with Gasteiger partial charge in [-0.15, -0.1) is 11.6 Å². The molecule has 16 heavy (non-hydrogen) atoms. The van der Waals surface area contributed by atoms with E-state index in [1.54, 1.807) is 4.90 Å². The molecule has 0 aliphatic heterocycles. The second-order valence-electron chi connectivity index (χ2n) is 2.75. The van der Waals surface area contributed by atoms with Gasteiger partial charge in [-0.2, -0.15) is 0 Å². The molecule has 0 atom stereocenters. The fourth-order valence-electron chi connectivity index (χ4n) is 1.26. The highest BCUT2D eigenvalue weighted by atomic mass is 35.5. The fourth-order valence-corrected chi connectivity index (χ4v) is 1.44. The zero-order valence-electron chi connectivity index (χ0n) is 10.0. The standard InChI is InChI=1S/C10H13ClN2O.C2H6/c1-12-9-4-2-3-5-10(9)13(8-14)7-6-11;1-2/h2-5,8,12H,6-7H2,1H3;1-2H3. The fraction of sp³-hybridized carbons (Fsp3) is 0.417. The molecule has 0 heterocycles. The highest BCUT2D eigenvalue weighted by molar-refractivity contribution is 6.18. The summed E-state index contributed by atoms with van der Waals surface area (Å²) in [4.78, 5) is 12.4. The van der Waals surface area contributed by atoms with Crippen molar-refractivity contribution < 1.29 is 4.79 Å². The van der Waals surface area contributed by atoms with Crippen LogP contribution in [0.15, 0.2) is 24.3 Å². The van der Waals surface area contributed by atoms with Crippen LogP contribution in [0, 0.1) is 0 Å². The van der Waals surface area contributed by atoms with E-state index in [1.165, 1.54) is 0 Å². The molecule has 0 aliphatic rings. The van der Waals surface area contributed by atoms with Gasteiger partial charge >= 0.3 is 0 Å². The summed E-state index contributed by atoms with van der Waals surface area (Å²) in [5.41, 5.74) is 1.77. The minimum atomic E-state index is 0.427. The number of anilines is 2. The zero-order chi connectivity index (χ0) is 12.4. The largest absolute Gasteiger partial charge is 0.386 e. The lowest BCUT2D eigenvalue weighted by molar-refractivity contribution is -0.107. The third-order valence-corrected chi connectivity index (χ3v) is 2.10. The summed E-state index contributed by atoms with van der Waals surface area (Å²) in [6.07, 6.45) is 0.790. The van der Waals surface area contributed by atoms with Crippen LogP contribution in [0.2, 0.25) is 0 Å². The molecule has 0 radical (unpaired) electrons. The topological polar surface area (TPSA) is 32.3 Å². The SMILES string of the molecule is CC.CNc1ccccc1N(C=O)CCCl. The zero-order valence-corrected chi connectivity index (χ0v) is 10.8. The van der Waals surface area contributed by atoms with E-state index in [-0.39, 0.29) is 0 Å². The van der Waals surface area contributed by atoms with Gasteiger partial charge in [0.1, 0.15) is 0 Å². The Kier molecular flexibility index (Phi) is 8.35. The summed E-state index contributed by atoms with van der Waals surface area (Å²) < 4.78 is 0. The summed E-state index contributed by atoms with van der Waals surface area (Å²) in [7, 11) is 1.82. The van der Waals surface area contributed by atoms with Gasteiger partial charge in [-0.3, -0.25) is 4.79 Å². The van der Waals surface area contributed by atoms with E-state index in [2.05, 4.69) is 5.32 Å². The van der Waals surface area contributed by atoms with E-state index < -0.39 is 0 Å². The van der Waals surface area contributed by atoms with Crippen LogP contribution in [0.1, 0.15) is 13.8 Å². The maximum Gasteiger partial charge on any atom is 0.214 e. The first kappa shape index (κ1) is 14.8. The van der Waals surface area contributed by atoms with Gasteiger partial charge in [0.05, 0.1) is 11.4 Å². The molecule has 1 N–H and O–H groups in total. The van der Waals surface area contributed by atoms with Gasteiger partial charge in [-0.05, 0) is 12.1 Å². The van der Waals surface area contributed by atoms with Crippen molar-refractivity contribution in [3.8, 4) is 0 Å². The highest BCUT2D eigenvalue weighted by Crippen LogP contribution is 2.23. The van der Waals surface area contributed by atoms with E-state index in [0.29, 0.717) is 12.4 Å². The average Bonchev–Trinajstić information content (AvgIpc) is 2.38. The van der Waals surface area contributed by atoms with Gasteiger partial charge < -0.3 is 10.2 Å². The predicted octanol–water partition coefficient (Wildman–Crippen LogP) is 2.96. The van der Waals surface area contributed by atoms with Crippen LogP contribution in [0.3, 0.4) is 0 Å². The Labute approximate surface area is 102 Å². The van der Waals surface area contributed by atoms with Crippen LogP contribution >= 0.6 is 11.6 Å². The van der Waals surface area contributed by atoms with Crippen LogP contribution in [-0.4, -0.2) is 25.9 Å². The van der Waals surface area contributed by atoms with E-state index in [4.69, 9.17) is 11.6 Å². The number of alkyl halides is 1. The second kappa shape index (κ2) is 9.04. The lowest BCUT2D eigenvalue weighted by atomic mass is 10.2. The molecule has 1 amide bonds. The number of hydrogen-bond acceptors (Lipinski definition) is 2. The van der Waals surface area contributed by atoms with Crippen LogP contribution in [-0.2, 0) is 4.79 Å². The molecule has 1 aromatic carbocycles. The maximum atomic E-state index is 10.8. The Morgan fingerprint density at radius 2 is 2.00 bits per heavy atom. The molecular formula is C12H19ClN2O. The molecule has 0 unspecified atom stereocenters. The van der Waals surface area contributed by atoms with Gasteiger partial charge in [0.2, 0.25) is 6.41 Å². The molecule has 1 aromatic rings. The first-order valence-corrected chi connectivity index (χ1v) is 5.91. The van der Waals surface area contributed by atoms with Crippen LogP contribution in [0.25, 0.3) is 0 Å². The number of nitrogens with zero attached hydrogens (tertiary/aromatic N) is 1. The minimum absolute atomic E-state index is 0.427. The molecule has 90 valence electrons. The Morgan fingerprint density at radius 1 is 1.38 bits per heavy atom. The summed E-state index contributed by atoms with van der Waals surface area (Å²) in [5, 5.41) is 3.03. The average molecular weight is 243 g/mol. The summed E-state index contributed by atoms with van der Waals surface area (Å²) in [6.45, 7) is 4.52. The van der Waals surface area contributed by atoms with Gasteiger partial charge in [-0.25, -0.2) is 0 Å². The normalized spacial score (nSPS) is 8.75. The molecule has 4 heteroatoms. The summed E-state index contributed by atoms with van der Waals surface area (Å²) in [5.74, 6) is 0.427. The van der Waals surface area contributed by atoms with Crippen molar-refractivity contribution in [3.63, 3.8) is 0 Å². The quantitative estimate of drug-likeness (QED) is 0.636. The number of hydrogen-bond donors (Lipinski definition) is 1. The molecule has 0 spiro atoms. The van der Waals surface area contributed by atoms with Crippen molar-refractivity contribution in [3.05, 3.63) is 24.3 Å². The Bertz CT molecular complexity index is 305. The van der Waals surface area contributed by atoms with Crippen molar-refractivity contribution in [2.45, 2.75) is 13.8 Å². The highest BCUT2D eigenvalue weighted by Gasteiger charge is 2.07. The Morgan fingerprint density at radius 3 is 2.50 bits per heavy atom. The molecule has 0 aromatic heterocycles. The van der Waals surface area contributed by atoms with Crippen LogP contribution < -0.4 is 10.2 Å². The number of carbonyl (C=O) groups is 1. The molecule has 0 bridgehead atoms. The molecule has 0 saturated carbocycles. The first-order valence-electron chi connectivity index (χ1n) is 5.38. The molecule has 3 nitrogen and oxygen atoms in total. The van der Waals surface area contributed by atoms with Crippen molar-refractivity contribution in [2.75, 3.05) is 29.7 Å². The maximum absolute atomic E-state index is 10.8. The molecule has 0 saturated heterocycles. The van der Waals surface area contributed by atoms with Crippen LogP contribution in [0.5, 0.6) is 0 Å². The van der Waals surface area contributed by atoms with Gasteiger partial charge in [-0.1, -0.05) is 26.0 Å². The smallest absolute Gasteiger partial charge is 0.214 e. The number of halogens is 1. The first-order chi connectivity index (χ1) is 7.83. The van der Waals surface area contributed by atoms with Crippen LogP contribution in [0.4, 0.5) is 11.4 Å². The van der Waals surface area contributed by atoms with Crippen molar-refractivity contribution in [1.82, 2.24) is 0 Å². The third-order valence-electron chi connectivity index (χ3n) is 1.94. The van der Waals surface area contributed by atoms with Crippen molar-refractivity contribution in [1.29, 1.82) is 0 Å². The number of nitrogens with one attached hydrogen (secondary N) is 1. The van der Waals surface area contributed by atoms with Gasteiger partial charge in [0, 0.05) is 19.5 Å². The second-order valence-corrected chi connectivity index (χ2v) is 3.13. The summed E-state index contributed by atoms with van der Waals surface area (Å²) in [6, 6.07) is 7.60. The molecule has 0 fully saturated rings. The molecule has 1 rings (SSSR count). The van der Waals surface area contributed by atoms with E-state index >= 15 is 0 Å². The molecule has 0 aliphatic carbocycles. The number of benzene rings is 1. The van der Waals surface area contributed by atoms with Crippen molar-refractivity contribution in [2.24, 2.45) is 0 Å².